The summed E-state index contributed by atoms with van der Waals surface area (Å²) in [6.45, 7) is 13.3. The van der Waals surface area contributed by atoms with Crippen LogP contribution in [0.5, 0.6) is 0 Å². The summed E-state index contributed by atoms with van der Waals surface area (Å²) in [6, 6.07) is 0. The second-order valence-electron chi connectivity index (χ2n) is 11.4. The van der Waals surface area contributed by atoms with Gasteiger partial charge in [0.1, 0.15) is 0 Å². The molecular formula is C28H38O3. The number of hydrogen-bond donors (Lipinski definition) is 1. The Balaban J connectivity index is 1.76. The molecule has 0 aromatic heterocycles. The van der Waals surface area contributed by atoms with E-state index in [9.17, 15) is 14.7 Å². The van der Waals surface area contributed by atoms with Gasteiger partial charge in [-0.1, -0.05) is 65.8 Å². The lowest BCUT2D eigenvalue weighted by atomic mass is 9.51. The van der Waals surface area contributed by atoms with Crippen molar-refractivity contribution in [1.82, 2.24) is 0 Å². The molecule has 4 aliphatic rings. The molecule has 31 heavy (non-hydrogen) atoms. The predicted octanol–water partition coefficient (Wildman–Crippen LogP) is 5.75. The molecule has 6 atom stereocenters. The van der Waals surface area contributed by atoms with Crippen LogP contribution in [-0.4, -0.2) is 22.3 Å². The maximum absolute atomic E-state index is 13.4. The van der Waals surface area contributed by atoms with Crippen molar-refractivity contribution in [1.29, 1.82) is 0 Å². The van der Waals surface area contributed by atoms with Gasteiger partial charge in [-0.05, 0) is 60.2 Å². The molecule has 1 fully saturated rings. The molecule has 0 bridgehead atoms. The number of carbonyl (C=O) groups is 2. The zero-order valence-electron chi connectivity index (χ0n) is 20.0. The molecule has 168 valence electrons. The van der Waals surface area contributed by atoms with Crippen molar-refractivity contribution in [2.45, 2.75) is 79.2 Å². The highest BCUT2D eigenvalue weighted by Crippen LogP contribution is 2.64. The molecule has 0 aromatic rings. The lowest BCUT2D eigenvalue weighted by Crippen LogP contribution is -2.55. The van der Waals surface area contributed by atoms with Crippen molar-refractivity contribution < 1.29 is 14.7 Å². The predicted molar refractivity (Wildman–Crippen MR) is 124 cm³/mol. The second kappa shape index (κ2) is 7.40. The van der Waals surface area contributed by atoms with Crippen molar-refractivity contribution in [2.75, 3.05) is 0 Å². The average Bonchev–Trinajstić information content (AvgIpc) is 2.98. The second-order valence-corrected chi connectivity index (χ2v) is 11.4. The minimum absolute atomic E-state index is 0.130. The zero-order chi connectivity index (χ0) is 22.8. The number of fused-ring (bicyclic) bond motifs is 4. The van der Waals surface area contributed by atoms with Crippen LogP contribution in [0.25, 0.3) is 0 Å². The van der Waals surface area contributed by atoms with E-state index in [-0.39, 0.29) is 22.9 Å². The fourth-order valence-electron chi connectivity index (χ4n) is 6.62. The number of rotatable bonds is 4. The Hall–Kier alpha value is -1.74. The topological polar surface area (TPSA) is 54.4 Å². The fourth-order valence-corrected chi connectivity index (χ4v) is 6.62. The maximum atomic E-state index is 13.4. The van der Waals surface area contributed by atoms with Gasteiger partial charge in [0.25, 0.3) is 0 Å². The summed E-state index contributed by atoms with van der Waals surface area (Å²) in [5.41, 5.74) is 0.816. The Bertz CT molecular complexity index is 932. The number of allylic oxidation sites excluding steroid dienone is 5. The fraction of sp³-hybridized carbons (Fsp3) is 0.643. The third-order valence-electron chi connectivity index (χ3n) is 9.37. The van der Waals surface area contributed by atoms with Gasteiger partial charge in [-0.15, -0.1) is 0 Å². The molecule has 3 nitrogen and oxygen atoms in total. The summed E-state index contributed by atoms with van der Waals surface area (Å²) in [5.74, 6) is 2.02. The van der Waals surface area contributed by atoms with E-state index in [2.05, 4.69) is 53.7 Å². The molecule has 4 aliphatic carbocycles. The molecule has 0 aliphatic heterocycles. The van der Waals surface area contributed by atoms with Crippen LogP contribution in [0.3, 0.4) is 0 Å². The van der Waals surface area contributed by atoms with E-state index >= 15 is 0 Å². The van der Waals surface area contributed by atoms with Gasteiger partial charge in [0.05, 0.1) is 5.60 Å². The number of aliphatic hydroxyl groups is 1. The SMILES string of the molecule is CC(C)[C@@H](C)/C=C/[C@@H](C)C1CC(=O)C2=C3C=CC4=CC(=O)CC[C@]4(C)[C@@]3(O)CC[C@@]21C. The first-order chi connectivity index (χ1) is 14.4. The molecular weight excluding hydrogens is 384 g/mol. The van der Waals surface area contributed by atoms with Crippen LogP contribution < -0.4 is 0 Å². The quantitative estimate of drug-likeness (QED) is 0.587. The number of Topliss-reactive ketones (excluding diaryl/α,β-unsaturated/α-hetero) is 1. The molecule has 0 saturated heterocycles. The summed E-state index contributed by atoms with van der Waals surface area (Å²) in [7, 11) is 0. The largest absolute Gasteiger partial charge is 0.384 e. The van der Waals surface area contributed by atoms with Gasteiger partial charge >= 0.3 is 0 Å². The van der Waals surface area contributed by atoms with Crippen molar-refractivity contribution in [3.63, 3.8) is 0 Å². The highest BCUT2D eigenvalue weighted by molar-refractivity contribution is 6.02. The molecule has 0 radical (unpaired) electrons. The first-order valence-corrected chi connectivity index (χ1v) is 12.1. The van der Waals surface area contributed by atoms with E-state index in [0.29, 0.717) is 43.4 Å². The summed E-state index contributed by atoms with van der Waals surface area (Å²) >= 11 is 0. The maximum Gasteiger partial charge on any atom is 0.160 e. The van der Waals surface area contributed by atoms with E-state index in [1.165, 1.54) is 0 Å². The zero-order valence-corrected chi connectivity index (χ0v) is 20.0. The number of hydrogen-bond acceptors (Lipinski definition) is 3. The lowest BCUT2D eigenvalue weighted by Gasteiger charge is -2.55. The molecule has 1 saturated carbocycles. The monoisotopic (exact) mass is 422 g/mol. The Morgan fingerprint density at radius 3 is 2.42 bits per heavy atom. The molecule has 1 N–H and O–H groups in total. The minimum Gasteiger partial charge on any atom is -0.384 e. The minimum atomic E-state index is -1.07. The van der Waals surface area contributed by atoms with Gasteiger partial charge in [-0.25, -0.2) is 0 Å². The first-order valence-electron chi connectivity index (χ1n) is 12.1. The number of ketones is 2. The first kappa shape index (κ1) is 22.5. The Morgan fingerprint density at radius 2 is 1.74 bits per heavy atom. The lowest BCUT2D eigenvalue weighted by molar-refractivity contribution is -0.119. The third-order valence-corrected chi connectivity index (χ3v) is 9.37. The molecule has 4 rings (SSSR count). The van der Waals surface area contributed by atoms with Gasteiger partial charge < -0.3 is 5.11 Å². The Morgan fingerprint density at radius 1 is 1.03 bits per heavy atom. The van der Waals surface area contributed by atoms with Crippen LogP contribution in [-0.2, 0) is 9.59 Å². The van der Waals surface area contributed by atoms with E-state index in [1.807, 2.05) is 12.2 Å². The highest BCUT2D eigenvalue weighted by atomic mass is 16.3. The average molecular weight is 423 g/mol. The summed E-state index contributed by atoms with van der Waals surface area (Å²) in [5, 5.41) is 12.0. The van der Waals surface area contributed by atoms with E-state index in [0.717, 1.165) is 23.1 Å². The Labute approximate surface area is 187 Å². The van der Waals surface area contributed by atoms with Crippen LogP contribution in [0, 0.1) is 34.5 Å². The van der Waals surface area contributed by atoms with Gasteiger partial charge in [0.2, 0.25) is 0 Å². The van der Waals surface area contributed by atoms with Crippen LogP contribution in [0.15, 0.2) is 47.1 Å². The van der Waals surface area contributed by atoms with Crippen molar-refractivity contribution in [3.8, 4) is 0 Å². The van der Waals surface area contributed by atoms with E-state index in [1.54, 1.807) is 6.08 Å². The van der Waals surface area contributed by atoms with Crippen LogP contribution in [0.1, 0.15) is 73.6 Å². The molecule has 3 heteroatoms. The van der Waals surface area contributed by atoms with Crippen LogP contribution >= 0.6 is 0 Å². The van der Waals surface area contributed by atoms with Crippen LogP contribution in [0.4, 0.5) is 0 Å². The van der Waals surface area contributed by atoms with Crippen molar-refractivity contribution >= 4 is 11.6 Å². The van der Waals surface area contributed by atoms with Crippen LogP contribution in [0.2, 0.25) is 0 Å². The summed E-state index contributed by atoms with van der Waals surface area (Å²) in [4.78, 5) is 25.4. The van der Waals surface area contributed by atoms with Crippen molar-refractivity contribution in [3.05, 3.63) is 47.1 Å². The molecule has 0 amide bonds. The Kier molecular flexibility index (Phi) is 5.36. The molecule has 0 aromatic carbocycles. The van der Waals surface area contributed by atoms with Gasteiger partial charge in [0.15, 0.2) is 11.6 Å². The van der Waals surface area contributed by atoms with Crippen molar-refractivity contribution in [2.24, 2.45) is 34.5 Å². The number of carbonyl (C=O) groups excluding carboxylic acids is 2. The smallest absolute Gasteiger partial charge is 0.160 e. The molecule has 0 spiro atoms. The van der Waals surface area contributed by atoms with Gasteiger partial charge in [-0.2, -0.15) is 0 Å². The van der Waals surface area contributed by atoms with E-state index in [4.69, 9.17) is 0 Å². The van der Waals surface area contributed by atoms with Gasteiger partial charge in [0, 0.05) is 29.2 Å². The standard InChI is InChI=1S/C28H38O3/c1-17(2)18(3)7-8-19(4)23-16-24(30)25-22-10-9-20-15-21(29)11-12-27(20,6)28(22,31)14-13-26(23,25)5/h7-10,15,17-19,23,31H,11-14,16H2,1-6H3/b8-7+/t18-,19+,23?,26+,27-,28+/m0/s1. The third kappa shape index (κ3) is 3.18. The normalized spacial score (nSPS) is 39.5. The highest BCUT2D eigenvalue weighted by Gasteiger charge is 2.62. The molecule has 0 heterocycles. The summed E-state index contributed by atoms with van der Waals surface area (Å²) < 4.78 is 0. The van der Waals surface area contributed by atoms with Gasteiger partial charge in [-0.3, -0.25) is 9.59 Å². The van der Waals surface area contributed by atoms with E-state index < -0.39 is 11.0 Å². The molecule has 1 unspecified atom stereocenters. The summed E-state index contributed by atoms with van der Waals surface area (Å²) in [6.07, 6.45) is 13.3.